The lowest BCUT2D eigenvalue weighted by Gasteiger charge is -2.07. The number of imidazole rings is 1. The van der Waals surface area contributed by atoms with Crippen LogP contribution in [0, 0.1) is 11.6 Å². The second-order valence-electron chi connectivity index (χ2n) is 4.82. The monoisotopic (exact) mass is 444 g/mol. The third-order valence-corrected chi connectivity index (χ3v) is 4.56. The average molecular weight is 446 g/mol. The molecule has 0 amide bonds. The highest BCUT2D eigenvalue weighted by Gasteiger charge is 2.19. The molecule has 1 N–H and O–H groups in total. The number of carboxylic acid groups (broad SMARTS) is 1. The number of benzene rings is 1. The van der Waals surface area contributed by atoms with Gasteiger partial charge in [-0.25, -0.2) is 13.8 Å². The molecule has 0 spiro atoms. The Morgan fingerprint density at radius 3 is 2.48 bits per heavy atom. The van der Waals surface area contributed by atoms with Crippen molar-refractivity contribution in [2.45, 2.75) is 6.42 Å². The van der Waals surface area contributed by atoms with Crippen molar-refractivity contribution >= 4 is 43.3 Å². The molecule has 8 heteroatoms. The molecule has 3 aromatic rings. The van der Waals surface area contributed by atoms with Crippen LogP contribution in [0.1, 0.15) is 5.56 Å². The molecule has 0 saturated carbocycles. The van der Waals surface area contributed by atoms with Gasteiger partial charge in [-0.3, -0.25) is 9.20 Å². The number of carboxylic acids is 1. The first-order chi connectivity index (χ1) is 10.9. The fourth-order valence-electron chi connectivity index (χ4n) is 2.38. The summed E-state index contributed by atoms with van der Waals surface area (Å²) in [5.41, 5.74) is 1.30. The highest BCUT2D eigenvalue weighted by molar-refractivity contribution is 9.11. The maximum absolute atomic E-state index is 13.5. The molecule has 0 aliphatic heterocycles. The third-order valence-electron chi connectivity index (χ3n) is 3.26. The molecule has 23 heavy (non-hydrogen) atoms. The molecule has 0 aliphatic rings. The minimum Gasteiger partial charge on any atom is -0.481 e. The number of aromatic nitrogens is 2. The first-order valence-corrected chi connectivity index (χ1v) is 7.98. The number of hydrogen-bond donors (Lipinski definition) is 1. The Labute approximate surface area is 146 Å². The molecule has 118 valence electrons. The van der Waals surface area contributed by atoms with Gasteiger partial charge in [-0.2, -0.15) is 0 Å². The second kappa shape index (κ2) is 6.01. The van der Waals surface area contributed by atoms with Crippen molar-refractivity contribution < 1.29 is 18.7 Å². The predicted octanol–water partition coefficient (Wildman–Crippen LogP) is 4.43. The Morgan fingerprint density at radius 1 is 1.22 bits per heavy atom. The third kappa shape index (κ3) is 3.00. The highest BCUT2D eigenvalue weighted by Crippen LogP contribution is 2.32. The average Bonchev–Trinajstić information content (AvgIpc) is 2.78. The van der Waals surface area contributed by atoms with E-state index in [1.54, 1.807) is 16.7 Å². The smallest absolute Gasteiger partial charge is 0.307 e. The summed E-state index contributed by atoms with van der Waals surface area (Å²) in [6.45, 7) is 0. The lowest BCUT2D eigenvalue weighted by Crippen LogP contribution is -2.03. The van der Waals surface area contributed by atoms with Gasteiger partial charge in [0, 0.05) is 27.9 Å². The van der Waals surface area contributed by atoms with Gasteiger partial charge >= 0.3 is 5.97 Å². The Kier molecular flexibility index (Phi) is 4.20. The zero-order valence-corrected chi connectivity index (χ0v) is 14.5. The van der Waals surface area contributed by atoms with E-state index in [1.807, 2.05) is 0 Å². The van der Waals surface area contributed by atoms with Gasteiger partial charge in [0.05, 0.1) is 11.9 Å². The van der Waals surface area contributed by atoms with Gasteiger partial charge in [-0.05, 0) is 34.1 Å². The SMILES string of the molecule is O=C(O)Cc1c(Br)ccn2c(-c3cc(F)cc(F)c3)nc(Br)c12. The van der Waals surface area contributed by atoms with Gasteiger partial charge in [0.15, 0.2) is 0 Å². The maximum atomic E-state index is 13.5. The normalized spacial score (nSPS) is 11.1. The van der Waals surface area contributed by atoms with Crippen LogP contribution >= 0.6 is 31.9 Å². The van der Waals surface area contributed by atoms with E-state index >= 15 is 0 Å². The zero-order chi connectivity index (χ0) is 16.7. The maximum Gasteiger partial charge on any atom is 0.307 e. The van der Waals surface area contributed by atoms with Crippen molar-refractivity contribution in [3.8, 4) is 11.4 Å². The highest BCUT2D eigenvalue weighted by atomic mass is 79.9. The number of pyridine rings is 1. The molecule has 0 bridgehead atoms. The molecule has 0 radical (unpaired) electrons. The van der Waals surface area contributed by atoms with E-state index in [-0.39, 0.29) is 12.0 Å². The van der Waals surface area contributed by atoms with Gasteiger partial charge in [-0.15, -0.1) is 0 Å². The van der Waals surface area contributed by atoms with Crippen LogP contribution in [0.25, 0.3) is 16.9 Å². The number of carbonyl (C=O) groups is 1. The second-order valence-corrected chi connectivity index (χ2v) is 6.42. The largest absolute Gasteiger partial charge is 0.481 e. The van der Waals surface area contributed by atoms with Crippen molar-refractivity contribution in [3.05, 3.63) is 56.7 Å². The van der Waals surface area contributed by atoms with E-state index in [2.05, 4.69) is 36.8 Å². The fraction of sp³-hybridized carbons (Fsp3) is 0.0667. The van der Waals surface area contributed by atoms with Gasteiger partial charge in [0.2, 0.25) is 0 Å². The van der Waals surface area contributed by atoms with Crippen LogP contribution in [0.2, 0.25) is 0 Å². The van der Waals surface area contributed by atoms with Crippen LogP contribution < -0.4 is 0 Å². The van der Waals surface area contributed by atoms with E-state index in [0.717, 1.165) is 6.07 Å². The Balaban J connectivity index is 2.30. The molecular formula is C15H8Br2F2N2O2. The van der Waals surface area contributed by atoms with Crippen LogP contribution in [0.4, 0.5) is 8.78 Å². The molecule has 0 atom stereocenters. The molecular weight excluding hydrogens is 438 g/mol. The topological polar surface area (TPSA) is 54.6 Å². The Hall–Kier alpha value is -1.80. The summed E-state index contributed by atoms with van der Waals surface area (Å²) < 4.78 is 29.5. The molecule has 2 heterocycles. The van der Waals surface area contributed by atoms with Crippen LogP contribution in [-0.2, 0) is 11.2 Å². The van der Waals surface area contributed by atoms with E-state index in [4.69, 9.17) is 5.11 Å². The van der Waals surface area contributed by atoms with E-state index in [0.29, 0.717) is 26.0 Å². The van der Waals surface area contributed by atoms with E-state index in [9.17, 15) is 13.6 Å². The van der Waals surface area contributed by atoms with Crippen molar-refractivity contribution in [3.63, 3.8) is 0 Å². The molecule has 2 aromatic heterocycles. The first kappa shape index (κ1) is 16.1. The summed E-state index contributed by atoms with van der Waals surface area (Å²) in [6, 6.07) is 4.78. The lowest BCUT2D eigenvalue weighted by atomic mass is 10.1. The molecule has 0 aliphatic carbocycles. The minimum atomic E-state index is -0.995. The lowest BCUT2D eigenvalue weighted by molar-refractivity contribution is -0.136. The molecule has 3 rings (SSSR count). The van der Waals surface area contributed by atoms with Crippen molar-refractivity contribution in [1.82, 2.24) is 9.38 Å². The molecule has 4 nitrogen and oxygen atoms in total. The van der Waals surface area contributed by atoms with E-state index < -0.39 is 17.6 Å². The zero-order valence-electron chi connectivity index (χ0n) is 11.4. The number of halogens is 4. The number of nitrogens with zero attached hydrogens (tertiary/aromatic N) is 2. The molecule has 0 saturated heterocycles. The van der Waals surface area contributed by atoms with Crippen LogP contribution in [0.5, 0.6) is 0 Å². The molecule has 0 fully saturated rings. The van der Waals surface area contributed by atoms with Crippen LogP contribution in [0.3, 0.4) is 0 Å². The summed E-state index contributed by atoms with van der Waals surface area (Å²) in [5.74, 6) is -2.11. The quantitative estimate of drug-likeness (QED) is 0.648. The Bertz CT molecular complexity index is 921. The summed E-state index contributed by atoms with van der Waals surface area (Å²) in [6.07, 6.45) is 1.44. The number of hydrogen-bond acceptors (Lipinski definition) is 2. The van der Waals surface area contributed by atoms with Crippen molar-refractivity contribution in [1.29, 1.82) is 0 Å². The predicted molar refractivity (Wildman–Crippen MR) is 87.3 cm³/mol. The van der Waals surface area contributed by atoms with Gasteiger partial charge in [0.1, 0.15) is 22.1 Å². The van der Waals surface area contributed by atoms with Gasteiger partial charge in [0.25, 0.3) is 0 Å². The number of rotatable bonds is 3. The van der Waals surface area contributed by atoms with Crippen molar-refractivity contribution in [2.75, 3.05) is 0 Å². The minimum absolute atomic E-state index is 0.216. The van der Waals surface area contributed by atoms with E-state index in [1.165, 1.54) is 12.1 Å². The fourth-order valence-corrected chi connectivity index (χ4v) is 3.42. The van der Waals surface area contributed by atoms with Gasteiger partial charge < -0.3 is 5.11 Å². The molecule has 1 aromatic carbocycles. The van der Waals surface area contributed by atoms with Crippen LogP contribution in [-0.4, -0.2) is 20.5 Å². The Morgan fingerprint density at radius 2 is 1.87 bits per heavy atom. The van der Waals surface area contributed by atoms with Crippen molar-refractivity contribution in [2.24, 2.45) is 0 Å². The standard InChI is InChI=1S/C15H8Br2F2N2O2/c16-11-1-2-21-13(10(11)6-12(22)23)14(17)20-15(21)7-3-8(18)5-9(19)4-7/h1-5H,6H2,(H,22,23). The first-order valence-electron chi connectivity index (χ1n) is 6.40. The number of aliphatic carboxylic acids is 1. The summed E-state index contributed by atoms with van der Waals surface area (Å²) >= 11 is 6.62. The van der Waals surface area contributed by atoms with Gasteiger partial charge in [-0.1, -0.05) is 15.9 Å². The summed E-state index contributed by atoms with van der Waals surface area (Å²) in [7, 11) is 0. The summed E-state index contributed by atoms with van der Waals surface area (Å²) in [5, 5.41) is 9.07. The summed E-state index contributed by atoms with van der Waals surface area (Å²) in [4.78, 5) is 15.4. The number of fused-ring (bicyclic) bond motifs is 1. The van der Waals surface area contributed by atoms with Crippen LogP contribution in [0.15, 0.2) is 39.5 Å². The molecule has 0 unspecified atom stereocenters.